The van der Waals surface area contributed by atoms with Gasteiger partial charge in [-0.15, -0.1) is 0 Å². The van der Waals surface area contributed by atoms with Crippen LogP contribution in [0.15, 0.2) is 60.8 Å². The zero-order valence-corrected chi connectivity index (χ0v) is 21.2. The number of benzene rings is 2. The molecule has 39 heavy (non-hydrogen) atoms. The summed E-state index contributed by atoms with van der Waals surface area (Å²) in [7, 11) is 0. The lowest BCUT2D eigenvalue weighted by Gasteiger charge is -2.27. The molecule has 0 spiro atoms. The van der Waals surface area contributed by atoms with E-state index in [1.54, 1.807) is 18.2 Å². The number of carbonyl (C=O) groups is 1. The van der Waals surface area contributed by atoms with Gasteiger partial charge in [-0.2, -0.15) is 17.6 Å². The zero-order valence-electron chi connectivity index (χ0n) is 20.4. The Bertz CT molecular complexity index is 1580. The van der Waals surface area contributed by atoms with Crippen LogP contribution in [0.25, 0.3) is 17.0 Å². The number of rotatable bonds is 5. The van der Waals surface area contributed by atoms with E-state index in [2.05, 4.69) is 10.3 Å². The van der Waals surface area contributed by atoms with E-state index in [0.717, 1.165) is 12.1 Å². The Morgan fingerprint density at radius 3 is 2.67 bits per heavy atom. The summed E-state index contributed by atoms with van der Waals surface area (Å²) in [6.07, 6.45) is 0.757. The summed E-state index contributed by atoms with van der Waals surface area (Å²) in [4.78, 5) is 18.8. The van der Waals surface area contributed by atoms with Crippen molar-refractivity contribution in [2.45, 2.75) is 25.7 Å². The number of amides is 1. The van der Waals surface area contributed by atoms with E-state index in [9.17, 15) is 26.7 Å². The molecule has 0 radical (unpaired) electrons. The summed E-state index contributed by atoms with van der Waals surface area (Å²) < 4.78 is 69.2. The van der Waals surface area contributed by atoms with Crippen molar-refractivity contribution in [3.05, 3.63) is 106 Å². The molecule has 1 N–H and O–H groups in total. The van der Waals surface area contributed by atoms with Gasteiger partial charge < -0.3 is 5.32 Å². The number of halogens is 6. The van der Waals surface area contributed by atoms with Gasteiger partial charge >= 0.3 is 12.2 Å². The van der Waals surface area contributed by atoms with Gasteiger partial charge in [0.15, 0.2) is 0 Å². The monoisotopic (exact) mass is 560 g/mol. The molecule has 5 rings (SSSR count). The van der Waals surface area contributed by atoms with Crippen molar-refractivity contribution < 1.29 is 26.7 Å². The van der Waals surface area contributed by atoms with Gasteiger partial charge in [0.05, 0.1) is 16.1 Å². The minimum atomic E-state index is -4.54. The standard InChI is InChI=1S/C28H22ClF5N4O/c29-22-5-3-17(12-23(22)30)2-1-10-37-11-8-25-21(16-37)20-14-19(28(32,33)34)4-6-24(20)38(25)27(39)36-15-18-7-9-35-26(31)13-18/h1-7,9,12-14H,8,10-11,15-16H2,(H,36,39). The van der Waals surface area contributed by atoms with E-state index >= 15 is 0 Å². The smallest absolute Gasteiger partial charge is 0.333 e. The predicted molar refractivity (Wildman–Crippen MR) is 138 cm³/mol. The molecule has 0 unspecified atom stereocenters. The Morgan fingerprint density at radius 1 is 1.10 bits per heavy atom. The third-order valence-electron chi connectivity index (χ3n) is 6.61. The van der Waals surface area contributed by atoms with Crippen LogP contribution in [0, 0.1) is 11.8 Å². The number of carbonyl (C=O) groups excluding carboxylic acids is 1. The van der Waals surface area contributed by atoms with Gasteiger partial charge in [0.2, 0.25) is 5.95 Å². The lowest BCUT2D eigenvalue weighted by molar-refractivity contribution is -0.137. The number of fused-ring (bicyclic) bond motifs is 3. The molecular formula is C28H22ClF5N4O. The lowest BCUT2D eigenvalue weighted by atomic mass is 10.0. The highest BCUT2D eigenvalue weighted by atomic mass is 35.5. The average Bonchev–Trinajstić information content (AvgIpc) is 3.22. The van der Waals surface area contributed by atoms with Gasteiger partial charge in [-0.05, 0) is 59.2 Å². The normalized spacial score (nSPS) is 14.2. The summed E-state index contributed by atoms with van der Waals surface area (Å²) in [6, 6.07) is 10.0. The highest BCUT2D eigenvalue weighted by Crippen LogP contribution is 2.36. The topological polar surface area (TPSA) is 50.2 Å². The number of pyridine rings is 1. The predicted octanol–water partition coefficient (Wildman–Crippen LogP) is 6.82. The van der Waals surface area contributed by atoms with E-state index < -0.39 is 29.5 Å². The van der Waals surface area contributed by atoms with Crippen LogP contribution in [0.2, 0.25) is 5.02 Å². The van der Waals surface area contributed by atoms with Gasteiger partial charge in [-0.3, -0.25) is 9.47 Å². The molecule has 1 aliphatic rings. The summed E-state index contributed by atoms with van der Waals surface area (Å²) >= 11 is 5.73. The lowest BCUT2D eigenvalue weighted by Crippen LogP contribution is -2.34. The number of nitrogens with zero attached hydrogens (tertiary/aromatic N) is 3. The van der Waals surface area contributed by atoms with E-state index in [1.807, 2.05) is 11.0 Å². The number of hydrogen-bond donors (Lipinski definition) is 1. The van der Waals surface area contributed by atoms with Crippen molar-refractivity contribution in [3.63, 3.8) is 0 Å². The minimum absolute atomic E-state index is 0.0234. The van der Waals surface area contributed by atoms with Crippen LogP contribution >= 0.6 is 11.6 Å². The molecular weight excluding hydrogens is 539 g/mol. The molecule has 0 saturated carbocycles. The number of aromatic nitrogens is 2. The van der Waals surface area contributed by atoms with Gasteiger partial charge in [0, 0.05) is 49.9 Å². The second kappa shape index (κ2) is 10.8. The molecule has 0 aliphatic carbocycles. The first-order chi connectivity index (χ1) is 18.6. The highest BCUT2D eigenvalue weighted by molar-refractivity contribution is 6.30. The Balaban J connectivity index is 1.42. The summed E-state index contributed by atoms with van der Waals surface area (Å²) in [5.41, 5.74) is 1.96. The maximum atomic E-state index is 13.7. The summed E-state index contributed by atoms with van der Waals surface area (Å²) in [5.74, 6) is -1.21. The quantitative estimate of drug-likeness (QED) is 0.215. The van der Waals surface area contributed by atoms with Crippen molar-refractivity contribution in [1.29, 1.82) is 0 Å². The third-order valence-corrected chi connectivity index (χ3v) is 6.92. The van der Waals surface area contributed by atoms with Crippen LogP contribution in [-0.4, -0.2) is 33.6 Å². The number of hydrogen-bond acceptors (Lipinski definition) is 3. The van der Waals surface area contributed by atoms with Gasteiger partial charge in [0.25, 0.3) is 0 Å². The van der Waals surface area contributed by atoms with Gasteiger partial charge in [-0.25, -0.2) is 14.2 Å². The van der Waals surface area contributed by atoms with Crippen molar-refractivity contribution in [1.82, 2.24) is 19.8 Å². The Morgan fingerprint density at radius 2 is 1.92 bits per heavy atom. The Hall–Kier alpha value is -3.76. The Labute approximate surface area is 225 Å². The highest BCUT2D eigenvalue weighted by Gasteiger charge is 2.33. The van der Waals surface area contributed by atoms with Crippen molar-refractivity contribution in [2.24, 2.45) is 0 Å². The van der Waals surface area contributed by atoms with Crippen LogP contribution in [0.4, 0.5) is 26.7 Å². The van der Waals surface area contributed by atoms with Crippen molar-refractivity contribution in [2.75, 3.05) is 13.1 Å². The second-order valence-electron chi connectivity index (χ2n) is 9.20. The van der Waals surface area contributed by atoms with E-state index in [-0.39, 0.29) is 11.6 Å². The van der Waals surface area contributed by atoms with Crippen molar-refractivity contribution in [3.8, 4) is 0 Å². The van der Waals surface area contributed by atoms with E-state index in [1.165, 1.54) is 35.0 Å². The molecule has 2 aromatic heterocycles. The zero-order chi connectivity index (χ0) is 27.7. The van der Waals surface area contributed by atoms with Crippen LogP contribution in [-0.2, 0) is 25.7 Å². The summed E-state index contributed by atoms with van der Waals surface area (Å²) in [5, 5.41) is 3.11. The van der Waals surface area contributed by atoms with Gasteiger partial charge in [-0.1, -0.05) is 29.8 Å². The third kappa shape index (κ3) is 5.81. The first-order valence-electron chi connectivity index (χ1n) is 12.1. The fourth-order valence-electron chi connectivity index (χ4n) is 4.74. The van der Waals surface area contributed by atoms with Crippen LogP contribution < -0.4 is 5.32 Å². The molecule has 4 aromatic rings. The van der Waals surface area contributed by atoms with Crippen LogP contribution in [0.3, 0.4) is 0 Å². The Kier molecular flexibility index (Phi) is 7.42. The van der Waals surface area contributed by atoms with Gasteiger partial charge in [0.1, 0.15) is 5.82 Å². The molecule has 1 amide bonds. The van der Waals surface area contributed by atoms with E-state index in [4.69, 9.17) is 11.6 Å². The average molecular weight is 561 g/mol. The second-order valence-corrected chi connectivity index (χ2v) is 9.60. The summed E-state index contributed by atoms with van der Waals surface area (Å²) in [6.45, 7) is 1.37. The maximum absolute atomic E-state index is 13.7. The molecule has 1 aliphatic heterocycles. The molecule has 202 valence electrons. The molecule has 11 heteroatoms. The van der Waals surface area contributed by atoms with Crippen LogP contribution in [0.5, 0.6) is 0 Å². The molecule has 0 atom stereocenters. The molecule has 0 saturated heterocycles. The SMILES string of the molecule is O=C(NCc1ccnc(F)c1)n1c2c(c3cc(C(F)(F)F)ccc31)CN(CC=Cc1ccc(Cl)c(F)c1)CC2. The fraction of sp³-hybridized carbons (Fsp3) is 0.214. The van der Waals surface area contributed by atoms with E-state index in [0.29, 0.717) is 59.3 Å². The molecule has 0 fully saturated rings. The maximum Gasteiger partial charge on any atom is 0.416 e. The molecule has 3 heterocycles. The van der Waals surface area contributed by atoms with Crippen LogP contribution in [0.1, 0.15) is 27.9 Å². The minimum Gasteiger partial charge on any atom is -0.333 e. The fourth-order valence-corrected chi connectivity index (χ4v) is 4.86. The molecule has 5 nitrogen and oxygen atoms in total. The first kappa shape index (κ1) is 26.8. The molecule has 0 bridgehead atoms. The van der Waals surface area contributed by atoms with Crippen molar-refractivity contribution >= 4 is 34.6 Å². The first-order valence-corrected chi connectivity index (χ1v) is 12.4. The number of nitrogens with one attached hydrogen (secondary N) is 1. The molecule has 2 aromatic carbocycles. The largest absolute Gasteiger partial charge is 0.416 e. The number of alkyl halides is 3.